The van der Waals surface area contributed by atoms with Crippen LogP contribution in [-0.4, -0.2) is 10.9 Å². The van der Waals surface area contributed by atoms with Gasteiger partial charge in [0.25, 0.3) is 0 Å². The molecule has 1 aromatic carbocycles. The molecule has 0 fully saturated rings. The zero-order valence-electron chi connectivity index (χ0n) is 9.64. The number of Topliss-reactive ketones (excluding diaryl/α,β-unsaturated/α-hetero) is 1. The molecular formula is C14H10O3S. The van der Waals surface area contributed by atoms with Crippen molar-refractivity contribution in [3.63, 3.8) is 0 Å². The molecule has 90 valence electrons. The van der Waals surface area contributed by atoms with Crippen molar-refractivity contribution in [2.75, 3.05) is 0 Å². The third-order valence-electron chi connectivity index (χ3n) is 2.77. The lowest BCUT2D eigenvalue weighted by Gasteiger charge is -2.00. The summed E-state index contributed by atoms with van der Waals surface area (Å²) in [4.78, 5) is 13.2. The highest BCUT2D eigenvalue weighted by atomic mass is 32.1. The number of carbonyl (C=O) groups excluding carboxylic acids is 1. The quantitative estimate of drug-likeness (QED) is 0.798. The van der Waals surface area contributed by atoms with Crippen LogP contribution in [0.15, 0.2) is 35.4 Å². The summed E-state index contributed by atoms with van der Waals surface area (Å²) in [5, 5.41) is 11.4. The molecule has 0 unspecified atom stereocenters. The zero-order valence-corrected chi connectivity index (χ0v) is 10.5. The van der Waals surface area contributed by atoms with Gasteiger partial charge in [-0.15, -0.1) is 11.3 Å². The highest BCUT2D eigenvalue weighted by Gasteiger charge is 2.29. The summed E-state index contributed by atoms with van der Waals surface area (Å²) >= 11 is 1.54. The molecular weight excluding hydrogens is 248 g/mol. The Bertz CT molecular complexity index is 654. The molecule has 3 nitrogen and oxygen atoms in total. The minimum Gasteiger partial charge on any atom is -0.508 e. The monoisotopic (exact) mass is 258 g/mol. The van der Waals surface area contributed by atoms with Crippen LogP contribution in [0.2, 0.25) is 0 Å². The van der Waals surface area contributed by atoms with Gasteiger partial charge in [-0.2, -0.15) is 0 Å². The van der Waals surface area contributed by atoms with Gasteiger partial charge < -0.3 is 9.84 Å². The van der Waals surface area contributed by atoms with E-state index in [1.807, 2.05) is 17.5 Å². The number of hydrogen-bond donors (Lipinski definition) is 1. The molecule has 1 aliphatic heterocycles. The van der Waals surface area contributed by atoms with Gasteiger partial charge in [0.1, 0.15) is 11.5 Å². The van der Waals surface area contributed by atoms with Crippen LogP contribution < -0.4 is 4.74 Å². The van der Waals surface area contributed by atoms with E-state index >= 15 is 0 Å². The first kappa shape index (κ1) is 11.0. The van der Waals surface area contributed by atoms with Crippen molar-refractivity contribution >= 4 is 23.2 Å². The van der Waals surface area contributed by atoms with E-state index in [0.29, 0.717) is 17.1 Å². The highest BCUT2D eigenvalue weighted by molar-refractivity contribution is 7.10. The smallest absolute Gasteiger partial charge is 0.232 e. The number of phenolic OH excluding ortho intramolecular Hbond substituents is 1. The van der Waals surface area contributed by atoms with E-state index in [2.05, 4.69) is 0 Å². The molecule has 1 aromatic heterocycles. The molecule has 0 saturated carbocycles. The fourth-order valence-electron chi connectivity index (χ4n) is 1.99. The van der Waals surface area contributed by atoms with E-state index in [4.69, 9.17) is 4.74 Å². The van der Waals surface area contributed by atoms with Crippen molar-refractivity contribution in [2.45, 2.75) is 6.92 Å². The number of ketones is 1. The van der Waals surface area contributed by atoms with Gasteiger partial charge in [-0.1, -0.05) is 6.07 Å². The van der Waals surface area contributed by atoms with E-state index in [0.717, 1.165) is 10.4 Å². The second kappa shape index (κ2) is 3.99. The number of benzene rings is 1. The molecule has 4 heteroatoms. The van der Waals surface area contributed by atoms with Gasteiger partial charge in [-0.05, 0) is 30.0 Å². The third-order valence-corrected chi connectivity index (χ3v) is 3.59. The van der Waals surface area contributed by atoms with Crippen molar-refractivity contribution in [2.24, 2.45) is 0 Å². The fraction of sp³-hybridized carbons (Fsp3) is 0.0714. The maximum Gasteiger partial charge on any atom is 0.232 e. The van der Waals surface area contributed by atoms with Crippen LogP contribution in [0.1, 0.15) is 20.8 Å². The summed E-state index contributed by atoms with van der Waals surface area (Å²) in [7, 11) is 0. The number of ether oxygens (including phenoxy) is 1. The SMILES string of the molecule is Cc1cc(O)cc2c1C(=O)C(=Cc1cccs1)O2. The summed E-state index contributed by atoms with van der Waals surface area (Å²) in [6.45, 7) is 1.79. The summed E-state index contributed by atoms with van der Waals surface area (Å²) in [6, 6.07) is 6.87. The second-order valence-corrected chi connectivity index (χ2v) is 5.07. The lowest BCUT2D eigenvalue weighted by Crippen LogP contribution is -1.99. The molecule has 0 atom stereocenters. The molecule has 0 spiro atoms. The van der Waals surface area contributed by atoms with Gasteiger partial charge >= 0.3 is 0 Å². The first-order chi connectivity index (χ1) is 8.65. The second-order valence-electron chi connectivity index (χ2n) is 4.09. The first-order valence-electron chi connectivity index (χ1n) is 5.46. The lowest BCUT2D eigenvalue weighted by atomic mass is 10.0. The van der Waals surface area contributed by atoms with Crippen molar-refractivity contribution < 1.29 is 14.6 Å². The molecule has 1 aliphatic rings. The van der Waals surface area contributed by atoms with Crippen LogP contribution in [0.4, 0.5) is 0 Å². The number of phenols is 1. The number of fused-ring (bicyclic) bond motifs is 1. The van der Waals surface area contributed by atoms with E-state index in [1.165, 1.54) is 17.4 Å². The molecule has 0 radical (unpaired) electrons. The Morgan fingerprint density at radius 1 is 1.39 bits per heavy atom. The van der Waals surface area contributed by atoms with Crippen molar-refractivity contribution in [1.82, 2.24) is 0 Å². The molecule has 0 amide bonds. The van der Waals surface area contributed by atoms with Crippen LogP contribution in [0.3, 0.4) is 0 Å². The van der Waals surface area contributed by atoms with Crippen molar-refractivity contribution in [3.8, 4) is 11.5 Å². The molecule has 0 aliphatic carbocycles. The van der Waals surface area contributed by atoms with Crippen LogP contribution in [-0.2, 0) is 0 Å². The van der Waals surface area contributed by atoms with Gasteiger partial charge in [0, 0.05) is 17.0 Å². The molecule has 2 aromatic rings. The standard InChI is InChI=1S/C14H10O3S/c1-8-5-9(15)6-11-13(8)14(16)12(17-11)7-10-3-2-4-18-10/h2-7,15H,1H3. The number of allylic oxidation sites excluding steroid dienone is 1. The molecule has 3 rings (SSSR count). The molecule has 0 bridgehead atoms. The highest BCUT2D eigenvalue weighted by Crippen LogP contribution is 2.37. The number of aryl methyl sites for hydroxylation is 1. The Morgan fingerprint density at radius 2 is 2.22 bits per heavy atom. The van der Waals surface area contributed by atoms with E-state index in [1.54, 1.807) is 19.1 Å². The van der Waals surface area contributed by atoms with Crippen LogP contribution >= 0.6 is 11.3 Å². The Labute approximate surface area is 108 Å². The van der Waals surface area contributed by atoms with Crippen LogP contribution in [0.25, 0.3) is 6.08 Å². The fourth-order valence-corrected chi connectivity index (χ4v) is 2.64. The van der Waals surface area contributed by atoms with E-state index < -0.39 is 0 Å². The molecule has 1 N–H and O–H groups in total. The Hall–Kier alpha value is -2.07. The Balaban J connectivity index is 2.07. The number of hydrogen-bond acceptors (Lipinski definition) is 4. The number of aromatic hydroxyl groups is 1. The van der Waals surface area contributed by atoms with Gasteiger partial charge in [-0.25, -0.2) is 0 Å². The van der Waals surface area contributed by atoms with Gasteiger partial charge in [0.05, 0.1) is 5.56 Å². The minimum atomic E-state index is -0.129. The maximum atomic E-state index is 12.2. The average Bonchev–Trinajstić information content (AvgIpc) is 2.88. The van der Waals surface area contributed by atoms with Gasteiger partial charge in [-0.3, -0.25) is 4.79 Å². The first-order valence-corrected chi connectivity index (χ1v) is 6.34. The maximum absolute atomic E-state index is 12.2. The summed E-state index contributed by atoms with van der Waals surface area (Å²) in [6.07, 6.45) is 1.73. The Kier molecular flexibility index (Phi) is 2.45. The average molecular weight is 258 g/mol. The van der Waals surface area contributed by atoms with Gasteiger partial charge in [0.2, 0.25) is 5.78 Å². The Morgan fingerprint density at radius 3 is 2.94 bits per heavy atom. The summed E-state index contributed by atoms with van der Waals surface area (Å²) < 4.78 is 5.51. The lowest BCUT2D eigenvalue weighted by molar-refractivity contribution is 0.101. The largest absolute Gasteiger partial charge is 0.508 e. The van der Waals surface area contributed by atoms with Crippen molar-refractivity contribution in [3.05, 3.63) is 51.4 Å². The van der Waals surface area contributed by atoms with Crippen LogP contribution in [0.5, 0.6) is 11.5 Å². The summed E-state index contributed by atoms with van der Waals surface area (Å²) in [5.41, 5.74) is 1.26. The number of rotatable bonds is 1. The number of carbonyl (C=O) groups is 1. The topological polar surface area (TPSA) is 46.5 Å². The zero-order chi connectivity index (χ0) is 12.7. The number of thiophene rings is 1. The van der Waals surface area contributed by atoms with E-state index in [-0.39, 0.29) is 11.5 Å². The van der Waals surface area contributed by atoms with Crippen molar-refractivity contribution in [1.29, 1.82) is 0 Å². The third kappa shape index (κ3) is 1.71. The molecule has 18 heavy (non-hydrogen) atoms. The van der Waals surface area contributed by atoms with E-state index in [9.17, 15) is 9.90 Å². The normalized spacial score (nSPS) is 15.8. The predicted octanol–water partition coefficient (Wildman–Crippen LogP) is 3.38. The minimum absolute atomic E-state index is 0.108. The van der Waals surface area contributed by atoms with Gasteiger partial charge in [0.15, 0.2) is 5.76 Å². The summed E-state index contributed by atoms with van der Waals surface area (Å²) in [5.74, 6) is 0.716. The molecule has 2 heterocycles. The predicted molar refractivity (Wildman–Crippen MR) is 70.1 cm³/mol. The molecule has 0 saturated heterocycles. The van der Waals surface area contributed by atoms with Crippen LogP contribution in [0, 0.1) is 6.92 Å².